The number of aliphatic hydroxyl groups is 1. The molecule has 1 aliphatic heterocycles. The minimum absolute atomic E-state index is 0.210. The van der Waals surface area contributed by atoms with Gasteiger partial charge in [-0.05, 0) is 36.9 Å². The molecule has 6 nitrogen and oxygen atoms in total. The second-order valence-corrected chi connectivity index (χ2v) is 7.71. The van der Waals surface area contributed by atoms with Crippen LogP contribution in [0.5, 0.6) is 0 Å². The molecule has 0 aliphatic carbocycles. The Hall–Kier alpha value is -1.92. The van der Waals surface area contributed by atoms with Crippen LogP contribution in [0.2, 0.25) is 0 Å². The summed E-state index contributed by atoms with van der Waals surface area (Å²) in [5.41, 5.74) is 6.10. The minimum Gasteiger partial charge on any atom is -0.379 e. The minimum atomic E-state index is -1.40. The van der Waals surface area contributed by atoms with E-state index < -0.39 is 5.60 Å². The van der Waals surface area contributed by atoms with Crippen molar-refractivity contribution in [2.45, 2.75) is 51.2 Å². The van der Waals surface area contributed by atoms with E-state index in [0.29, 0.717) is 32.0 Å². The van der Waals surface area contributed by atoms with E-state index in [9.17, 15) is 14.7 Å². The summed E-state index contributed by atoms with van der Waals surface area (Å²) in [6, 6.07) is 8.29. The van der Waals surface area contributed by atoms with Gasteiger partial charge in [0.25, 0.3) is 5.91 Å². The topological polar surface area (TPSA) is 86.9 Å². The van der Waals surface area contributed by atoms with Crippen LogP contribution >= 0.6 is 0 Å². The average Bonchev–Trinajstić information content (AvgIpc) is 2.58. The highest BCUT2D eigenvalue weighted by Crippen LogP contribution is 2.25. The lowest BCUT2D eigenvalue weighted by atomic mass is 9.90. The molecule has 1 aliphatic rings. The zero-order valence-corrected chi connectivity index (χ0v) is 16.1. The van der Waals surface area contributed by atoms with Crippen LogP contribution in [0.3, 0.4) is 0 Å². The van der Waals surface area contributed by atoms with Crippen molar-refractivity contribution in [1.82, 2.24) is 9.80 Å². The van der Waals surface area contributed by atoms with Crippen molar-refractivity contribution in [3.63, 3.8) is 0 Å². The van der Waals surface area contributed by atoms with Crippen LogP contribution in [0.25, 0.3) is 0 Å². The lowest BCUT2D eigenvalue weighted by molar-refractivity contribution is -0.159. The summed E-state index contributed by atoms with van der Waals surface area (Å²) in [6.45, 7) is 6.10. The van der Waals surface area contributed by atoms with Crippen LogP contribution in [0, 0.1) is 0 Å². The second kappa shape index (κ2) is 8.64. The standard InChI is InChI=1S/C20H31N3O3/c1-15(2)17-7-5-16(6-8-17)13-23-11-4-10-20(26,19(23)25)14-22(3)12-9-18(21)24/h5-8,15,26H,4,9-14H2,1-3H3,(H2,21,24)/t20-/m0/s1. The van der Waals surface area contributed by atoms with E-state index in [4.69, 9.17) is 5.73 Å². The van der Waals surface area contributed by atoms with Gasteiger partial charge in [0.15, 0.2) is 5.60 Å². The average molecular weight is 361 g/mol. The summed E-state index contributed by atoms with van der Waals surface area (Å²) in [5.74, 6) is -0.144. The van der Waals surface area contributed by atoms with Crippen LogP contribution in [0.15, 0.2) is 24.3 Å². The number of rotatable bonds is 8. The monoisotopic (exact) mass is 361 g/mol. The molecule has 6 heteroatoms. The van der Waals surface area contributed by atoms with Gasteiger partial charge in [0.2, 0.25) is 5.91 Å². The normalized spacial score (nSPS) is 20.8. The van der Waals surface area contributed by atoms with Gasteiger partial charge in [0.1, 0.15) is 0 Å². The lowest BCUT2D eigenvalue weighted by Crippen LogP contribution is -2.58. The molecule has 0 aromatic heterocycles. The summed E-state index contributed by atoms with van der Waals surface area (Å²) in [5, 5.41) is 10.9. The summed E-state index contributed by atoms with van der Waals surface area (Å²) in [6.07, 6.45) is 1.41. The zero-order valence-electron chi connectivity index (χ0n) is 16.1. The second-order valence-electron chi connectivity index (χ2n) is 7.71. The van der Waals surface area contributed by atoms with Gasteiger partial charge in [-0.25, -0.2) is 0 Å². The molecule has 0 radical (unpaired) electrons. The Morgan fingerprint density at radius 3 is 2.58 bits per heavy atom. The first-order valence-electron chi connectivity index (χ1n) is 9.29. The van der Waals surface area contributed by atoms with Crippen LogP contribution in [0.1, 0.15) is 50.2 Å². The van der Waals surface area contributed by atoms with Gasteiger partial charge in [-0.1, -0.05) is 38.1 Å². The maximum atomic E-state index is 12.9. The Labute approximate surface area is 156 Å². The number of hydrogen-bond donors (Lipinski definition) is 2. The Bertz CT molecular complexity index is 630. The predicted octanol–water partition coefficient (Wildman–Crippen LogP) is 1.47. The summed E-state index contributed by atoms with van der Waals surface area (Å²) in [4.78, 5) is 27.3. The van der Waals surface area contributed by atoms with Crippen molar-refractivity contribution in [2.24, 2.45) is 5.73 Å². The van der Waals surface area contributed by atoms with Crippen molar-refractivity contribution in [1.29, 1.82) is 0 Å². The lowest BCUT2D eigenvalue weighted by Gasteiger charge is -2.40. The molecule has 0 saturated carbocycles. The molecule has 0 unspecified atom stereocenters. The molecule has 3 N–H and O–H groups in total. The smallest absolute Gasteiger partial charge is 0.256 e. The third kappa shape index (κ3) is 5.29. The molecule has 1 atom stereocenters. The summed E-state index contributed by atoms with van der Waals surface area (Å²) in [7, 11) is 1.79. The van der Waals surface area contributed by atoms with Gasteiger partial charge in [0, 0.05) is 32.6 Å². The number of hydrogen-bond acceptors (Lipinski definition) is 4. The molecular formula is C20H31N3O3. The van der Waals surface area contributed by atoms with E-state index in [2.05, 4.69) is 38.1 Å². The first kappa shape index (κ1) is 20.4. The van der Waals surface area contributed by atoms with Crippen molar-refractivity contribution in [3.05, 3.63) is 35.4 Å². The number of amides is 2. The van der Waals surface area contributed by atoms with Gasteiger partial charge in [-0.2, -0.15) is 0 Å². The quantitative estimate of drug-likeness (QED) is 0.734. The number of carbonyl (C=O) groups is 2. The summed E-state index contributed by atoms with van der Waals surface area (Å²) >= 11 is 0. The Morgan fingerprint density at radius 2 is 2.00 bits per heavy atom. The molecule has 0 bridgehead atoms. The maximum absolute atomic E-state index is 12.9. The van der Waals surface area contributed by atoms with E-state index in [1.807, 2.05) is 0 Å². The molecule has 1 heterocycles. The van der Waals surface area contributed by atoms with E-state index in [-0.39, 0.29) is 24.8 Å². The third-order valence-corrected chi connectivity index (χ3v) is 4.99. The van der Waals surface area contributed by atoms with Crippen LogP contribution in [0.4, 0.5) is 0 Å². The fraction of sp³-hybridized carbons (Fsp3) is 0.600. The van der Waals surface area contributed by atoms with Crippen molar-refractivity contribution in [3.8, 4) is 0 Å². The van der Waals surface area contributed by atoms with E-state index in [1.165, 1.54) is 5.56 Å². The highest BCUT2D eigenvalue weighted by Gasteiger charge is 2.42. The van der Waals surface area contributed by atoms with Crippen molar-refractivity contribution < 1.29 is 14.7 Å². The largest absolute Gasteiger partial charge is 0.379 e. The molecule has 1 fully saturated rings. The SMILES string of the molecule is CC(C)c1ccc(CN2CCC[C@](O)(CN(C)CCC(N)=O)C2=O)cc1. The third-order valence-electron chi connectivity index (χ3n) is 4.99. The first-order chi connectivity index (χ1) is 12.2. The van der Waals surface area contributed by atoms with E-state index >= 15 is 0 Å². The van der Waals surface area contributed by atoms with Gasteiger partial charge >= 0.3 is 0 Å². The molecule has 1 aromatic carbocycles. The number of likely N-dealkylation sites (N-methyl/N-ethyl adjacent to an activating group) is 1. The summed E-state index contributed by atoms with van der Waals surface area (Å²) < 4.78 is 0. The Kier molecular flexibility index (Phi) is 6.78. The number of nitrogens with two attached hydrogens (primary N) is 1. The highest BCUT2D eigenvalue weighted by atomic mass is 16.3. The molecular weight excluding hydrogens is 330 g/mol. The molecule has 1 saturated heterocycles. The molecule has 0 spiro atoms. The first-order valence-corrected chi connectivity index (χ1v) is 9.29. The fourth-order valence-corrected chi connectivity index (χ4v) is 3.42. The number of nitrogens with zero attached hydrogens (tertiary/aromatic N) is 2. The van der Waals surface area contributed by atoms with Gasteiger partial charge in [0.05, 0.1) is 0 Å². The molecule has 2 amide bonds. The fourth-order valence-electron chi connectivity index (χ4n) is 3.42. The van der Waals surface area contributed by atoms with Crippen molar-refractivity contribution >= 4 is 11.8 Å². The Morgan fingerprint density at radius 1 is 1.35 bits per heavy atom. The van der Waals surface area contributed by atoms with Crippen molar-refractivity contribution in [2.75, 3.05) is 26.7 Å². The zero-order chi connectivity index (χ0) is 19.3. The molecule has 1 aromatic rings. The number of carbonyl (C=O) groups excluding carboxylic acids is 2. The predicted molar refractivity (Wildman–Crippen MR) is 101 cm³/mol. The number of primary amides is 1. The van der Waals surface area contributed by atoms with E-state index in [0.717, 1.165) is 12.0 Å². The Balaban J connectivity index is 2.00. The van der Waals surface area contributed by atoms with Crippen LogP contribution in [-0.4, -0.2) is 59.0 Å². The maximum Gasteiger partial charge on any atom is 0.256 e. The number of likely N-dealkylation sites (tertiary alicyclic amines) is 1. The number of piperidine rings is 1. The van der Waals surface area contributed by atoms with Gasteiger partial charge in [-0.15, -0.1) is 0 Å². The van der Waals surface area contributed by atoms with Crippen LogP contribution in [-0.2, 0) is 16.1 Å². The highest BCUT2D eigenvalue weighted by molar-refractivity contribution is 5.86. The van der Waals surface area contributed by atoms with Crippen LogP contribution < -0.4 is 5.73 Å². The molecule has 26 heavy (non-hydrogen) atoms. The molecule has 144 valence electrons. The number of benzene rings is 1. The molecule has 2 rings (SSSR count). The van der Waals surface area contributed by atoms with Gasteiger partial charge < -0.3 is 20.6 Å². The van der Waals surface area contributed by atoms with Gasteiger partial charge in [-0.3, -0.25) is 9.59 Å². The van der Waals surface area contributed by atoms with E-state index in [1.54, 1.807) is 16.8 Å².